The van der Waals surface area contributed by atoms with Crippen molar-refractivity contribution in [2.45, 2.75) is 26.2 Å². The van der Waals surface area contributed by atoms with Gasteiger partial charge in [0.25, 0.3) is 0 Å². The molecular formula is C22H22N4O2S. The standard InChI is InChI=1S/C22H22N4O2S/c1-2-16-10-6-7-11-18(16)26-14-17(13-20(26)27)21(28)23-22-25-24-19(29-22)12-15-8-4-3-5-9-15/h3-11,17H,2,12-14H2,1H3,(H,23,25,28). The fraction of sp³-hybridized carbons (Fsp3) is 0.273. The maximum Gasteiger partial charge on any atom is 0.231 e. The lowest BCUT2D eigenvalue weighted by Gasteiger charge is -2.19. The quantitative estimate of drug-likeness (QED) is 0.678. The topological polar surface area (TPSA) is 75.2 Å². The highest BCUT2D eigenvalue weighted by molar-refractivity contribution is 7.15. The van der Waals surface area contributed by atoms with Crippen molar-refractivity contribution in [3.8, 4) is 0 Å². The lowest BCUT2D eigenvalue weighted by molar-refractivity contribution is -0.122. The van der Waals surface area contributed by atoms with Crippen LogP contribution in [0.15, 0.2) is 54.6 Å². The number of aryl methyl sites for hydroxylation is 1. The second-order valence-corrected chi connectivity index (χ2v) is 8.10. The summed E-state index contributed by atoms with van der Waals surface area (Å²) in [4.78, 5) is 27.0. The third-order valence-corrected chi connectivity index (χ3v) is 5.89. The summed E-state index contributed by atoms with van der Waals surface area (Å²) in [5.74, 6) is -0.598. The van der Waals surface area contributed by atoms with E-state index in [0.717, 1.165) is 28.2 Å². The highest BCUT2D eigenvalue weighted by Crippen LogP contribution is 2.29. The molecule has 1 aliphatic rings. The number of benzene rings is 2. The maximum atomic E-state index is 12.7. The van der Waals surface area contributed by atoms with Gasteiger partial charge in [-0.05, 0) is 23.6 Å². The number of hydrogen-bond acceptors (Lipinski definition) is 5. The van der Waals surface area contributed by atoms with Gasteiger partial charge in [-0.2, -0.15) is 0 Å². The van der Waals surface area contributed by atoms with Gasteiger partial charge < -0.3 is 10.2 Å². The van der Waals surface area contributed by atoms with Crippen molar-refractivity contribution in [3.05, 3.63) is 70.7 Å². The zero-order chi connectivity index (χ0) is 20.2. The van der Waals surface area contributed by atoms with Crippen LogP contribution < -0.4 is 10.2 Å². The summed E-state index contributed by atoms with van der Waals surface area (Å²) in [5.41, 5.74) is 3.15. The second-order valence-electron chi connectivity index (χ2n) is 7.04. The van der Waals surface area contributed by atoms with Crippen LogP contribution in [0, 0.1) is 5.92 Å². The van der Waals surface area contributed by atoms with Gasteiger partial charge in [0, 0.05) is 25.1 Å². The molecule has 4 rings (SSSR count). The highest BCUT2D eigenvalue weighted by Gasteiger charge is 2.36. The predicted octanol–water partition coefficient (Wildman–Crippen LogP) is 3.68. The Labute approximate surface area is 173 Å². The molecule has 3 aromatic rings. The molecule has 1 saturated heterocycles. The number of carbonyl (C=O) groups is 2. The third kappa shape index (κ3) is 4.35. The van der Waals surface area contributed by atoms with Crippen molar-refractivity contribution < 1.29 is 9.59 Å². The number of hydrogen-bond donors (Lipinski definition) is 1. The molecule has 148 valence electrons. The van der Waals surface area contributed by atoms with Crippen LogP contribution in [-0.4, -0.2) is 28.6 Å². The summed E-state index contributed by atoms with van der Waals surface area (Å²) in [6.07, 6.45) is 1.73. The van der Waals surface area contributed by atoms with Gasteiger partial charge in [0.2, 0.25) is 16.9 Å². The van der Waals surface area contributed by atoms with Gasteiger partial charge in [-0.1, -0.05) is 66.8 Å². The van der Waals surface area contributed by atoms with E-state index in [4.69, 9.17) is 0 Å². The Kier molecular flexibility index (Phi) is 5.67. The van der Waals surface area contributed by atoms with Gasteiger partial charge in [0.15, 0.2) is 0 Å². The summed E-state index contributed by atoms with van der Waals surface area (Å²) in [6, 6.07) is 17.9. The smallest absolute Gasteiger partial charge is 0.231 e. The number of aromatic nitrogens is 2. The molecule has 0 saturated carbocycles. The van der Waals surface area contributed by atoms with Crippen LogP contribution >= 0.6 is 11.3 Å². The summed E-state index contributed by atoms with van der Waals surface area (Å²) >= 11 is 1.37. The molecule has 2 aromatic carbocycles. The van der Waals surface area contributed by atoms with Gasteiger partial charge >= 0.3 is 0 Å². The van der Waals surface area contributed by atoms with Crippen molar-refractivity contribution in [3.63, 3.8) is 0 Å². The molecule has 1 atom stereocenters. The Balaban J connectivity index is 1.40. The lowest BCUT2D eigenvalue weighted by atomic mass is 10.1. The summed E-state index contributed by atoms with van der Waals surface area (Å²) < 4.78 is 0. The minimum Gasteiger partial charge on any atom is -0.311 e. The molecule has 1 aliphatic heterocycles. The molecule has 1 fully saturated rings. The van der Waals surface area contributed by atoms with Crippen LogP contribution in [0.5, 0.6) is 0 Å². The van der Waals surface area contributed by atoms with Crippen molar-refractivity contribution in [1.29, 1.82) is 0 Å². The Hall–Kier alpha value is -3.06. The number of para-hydroxylation sites is 1. The minimum atomic E-state index is -0.395. The number of anilines is 2. The van der Waals surface area contributed by atoms with E-state index >= 15 is 0 Å². The third-order valence-electron chi connectivity index (χ3n) is 5.05. The molecule has 2 heterocycles. The molecule has 0 bridgehead atoms. The number of carbonyl (C=O) groups excluding carboxylic acids is 2. The van der Waals surface area contributed by atoms with E-state index in [1.807, 2.05) is 54.6 Å². The Morgan fingerprint density at radius 3 is 2.69 bits per heavy atom. The zero-order valence-electron chi connectivity index (χ0n) is 16.2. The summed E-state index contributed by atoms with van der Waals surface area (Å²) in [6.45, 7) is 2.45. The van der Waals surface area contributed by atoms with E-state index in [-0.39, 0.29) is 18.2 Å². The first-order chi connectivity index (χ1) is 14.1. The normalized spacial score (nSPS) is 16.2. The SMILES string of the molecule is CCc1ccccc1N1CC(C(=O)Nc2nnc(Cc3ccccc3)s2)CC1=O. The molecule has 29 heavy (non-hydrogen) atoms. The van der Waals surface area contributed by atoms with E-state index in [2.05, 4.69) is 22.4 Å². The van der Waals surface area contributed by atoms with Crippen molar-refractivity contribution in [2.24, 2.45) is 5.92 Å². The molecule has 0 radical (unpaired) electrons. The Morgan fingerprint density at radius 1 is 1.14 bits per heavy atom. The van der Waals surface area contributed by atoms with Crippen molar-refractivity contribution >= 4 is 34.0 Å². The molecule has 1 N–H and O–H groups in total. The number of nitrogens with zero attached hydrogens (tertiary/aromatic N) is 3. The first kappa shape index (κ1) is 19.3. The van der Waals surface area contributed by atoms with Gasteiger partial charge in [0.05, 0.1) is 5.92 Å². The monoisotopic (exact) mass is 406 g/mol. The van der Waals surface area contributed by atoms with E-state index in [0.29, 0.717) is 18.1 Å². The second kappa shape index (κ2) is 8.53. The Morgan fingerprint density at radius 2 is 1.90 bits per heavy atom. The van der Waals surface area contributed by atoms with Gasteiger partial charge in [-0.25, -0.2) is 0 Å². The van der Waals surface area contributed by atoms with E-state index in [1.165, 1.54) is 11.3 Å². The molecule has 1 aromatic heterocycles. The molecule has 7 heteroatoms. The van der Waals surface area contributed by atoms with Gasteiger partial charge in [0.1, 0.15) is 5.01 Å². The number of rotatable bonds is 6. The lowest BCUT2D eigenvalue weighted by Crippen LogP contribution is -2.28. The first-order valence-electron chi connectivity index (χ1n) is 9.69. The van der Waals surface area contributed by atoms with Crippen LogP contribution in [0.1, 0.15) is 29.5 Å². The van der Waals surface area contributed by atoms with E-state index < -0.39 is 5.92 Å². The van der Waals surface area contributed by atoms with Gasteiger partial charge in [-0.15, -0.1) is 10.2 Å². The molecular weight excluding hydrogens is 384 g/mol. The van der Waals surface area contributed by atoms with Crippen molar-refractivity contribution in [1.82, 2.24) is 10.2 Å². The fourth-order valence-electron chi connectivity index (χ4n) is 3.54. The molecule has 0 aliphatic carbocycles. The molecule has 1 unspecified atom stereocenters. The van der Waals surface area contributed by atoms with Crippen molar-refractivity contribution in [2.75, 3.05) is 16.8 Å². The first-order valence-corrected chi connectivity index (χ1v) is 10.5. The summed E-state index contributed by atoms with van der Waals surface area (Å²) in [5, 5.41) is 12.4. The van der Waals surface area contributed by atoms with Crippen LogP contribution in [0.2, 0.25) is 0 Å². The molecule has 2 amide bonds. The highest BCUT2D eigenvalue weighted by atomic mass is 32.1. The number of amides is 2. The molecule has 6 nitrogen and oxygen atoms in total. The molecule has 0 spiro atoms. The zero-order valence-corrected chi connectivity index (χ0v) is 17.0. The minimum absolute atomic E-state index is 0.0203. The van der Waals surface area contributed by atoms with Crippen LogP contribution in [0.4, 0.5) is 10.8 Å². The Bertz CT molecular complexity index is 1020. The van der Waals surface area contributed by atoms with E-state index in [1.54, 1.807) is 4.90 Å². The van der Waals surface area contributed by atoms with Gasteiger partial charge in [-0.3, -0.25) is 9.59 Å². The number of nitrogens with one attached hydrogen (secondary N) is 1. The van der Waals surface area contributed by atoms with E-state index in [9.17, 15) is 9.59 Å². The average Bonchev–Trinajstić information content (AvgIpc) is 3.35. The van der Waals surface area contributed by atoms with Crippen LogP contribution in [-0.2, 0) is 22.4 Å². The van der Waals surface area contributed by atoms with Crippen LogP contribution in [0.25, 0.3) is 0 Å². The average molecular weight is 407 g/mol. The largest absolute Gasteiger partial charge is 0.311 e. The fourth-order valence-corrected chi connectivity index (χ4v) is 4.32. The summed E-state index contributed by atoms with van der Waals surface area (Å²) in [7, 11) is 0. The van der Waals surface area contributed by atoms with Crippen LogP contribution in [0.3, 0.4) is 0 Å². The maximum absolute atomic E-state index is 12.7. The predicted molar refractivity (Wildman–Crippen MR) is 114 cm³/mol.